The van der Waals surface area contributed by atoms with Gasteiger partial charge in [-0.05, 0) is 18.1 Å². The Bertz CT molecular complexity index is 320. The number of benzene rings is 1. The number of carbonyl (C=O) groups excluding carboxylic acids is 1. The summed E-state index contributed by atoms with van der Waals surface area (Å²) in [5.41, 5.74) is 0.648. The number of hydrogen-bond acceptors (Lipinski definition) is 1. The van der Waals surface area contributed by atoms with Gasteiger partial charge in [-0.3, -0.25) is 4.79 Å². The highest BCUT2D eigenvalue weighted by Crippen LogP contribution is 2.19. The molecule has 1 atom stereocenters. The van der Waals surface area contributed by atoms with E-state index in [9.17, 15) is 4.79 Å². The minimum atomic E-state index is 0.143. The molecule has 2 heteroatoms. The summed E-state index contributed by atoms with van der Waals surface area (Å²) in [7, 11) is 0. The lowest BCUT2D eigenvalue weighted by Gasteiger charge is -2.07. The van der Waals surface area contributed by atoms with Crippen molar-refractivity contribution < 1.29 is 4.79 Å². The molecule has 14 heavy (non-hydrogen) atoms. The molecule has 0 aliphatic rings. The van der Waals surface area contributed by atoms with Crippen LogP contribution in [0.3, 0.4) is 0 Å². The molecule has 0 saturated carbocycles. The second-order valence-electron chi connectivity index (χ2n) is 3.62. The minimum absolute atomic E-state index is 0.143. The van der Waals surface area contributed by atoms with Crippen molar-refractivity contribution in [3.8, 4) is 0 Å². The molecule has 1 nitrogen and oxygen atoms in total. The van der Waals surface area contributed by atoms with Crippen molar-refractivity contribution in [3.05, 3.63) is 34.9 Å². The van der Waals surface area contributed by atoms with Crippen molar-refractivity contribution >= 4 is 17.4 Å². The Balaban J connectivity index is 2.75. The van der Waals surface area contributed by atoms with Crippen LogP contribution in [0.25, 0.3) is 0 Å². The smallest absolute Gasteiger partial charge is 0.164 e. The van der Waals surface area contributed by atoms with Gasteiger partial charge in [-0.2, -0.15) is 0 Å². The monoisotopic (exact) mass is 210 g/mol. The highest BCUT2D eigenvalue weighted by Gasteiger charge is 2.12. The van der Waals surface area contributed by atoms with Gasteiger partial charge < -0.3 is 0 Å². The lowest BCUT2D eigenvalue weighted by Crippen LogP contribution is -2.05. The van der Waals surface area contributed by atoms with Crippen molar-refractivity contribution in [1.29, 1.82) is 0 Å². The Hall–Kier alpha value is -0.820. The topological polar surface area (TPSA) is 17.1 Å². The average Bonchev–Trinajstić information content (AvgIpc) is 2.18. The lowest BCUT2D eigenvalue weighted by atomic mass is 9.98. The third-order valence-corrected chi connectivity index (χ3v) is 2.73. The Morgan fingerprint density at radius 1 is 1.43 bits per heavy atom. The summed E-state index contributed by atoms with van der Waals surface area (Å²) in [5.74, 6) is 0.573. The van der Waals surface area contributed by atoms with Gasteiger partial charge in [0.1, 0.15) is 0 Å². The standard InChI is InChI=1S/C12H15ClO/c1-3-9(2)8-12(14)10-6-4-5-7-11(10)13/h4-7,9H,3,8H2,1-2H3. The maximum Gasteiger partial charge on any atom is 0.164 e. The number of ketones is 1. The Morgan fingerprint density at radius 3 is 2.64 bits per heavy atom. The van der Waals surface area contributed by atoms with Crippen LogP contribution in [-0.2, 0) is 0 Å². The molecule has 76 valence electrons. The highest BCUT2D eigenvalue weighted by molar-refractivity contribution is 6.33. The third kappa shape index (κ3) is 2.85. The van der Waals surface area contributed by atoms with Crippen LogP contribution in [0.5, 0.6) is 0 Å². The largest absolute Gasteiger partial charge is 0.294 e. The second-order valence-corrected chi connectivity index (χ2v) is 4.03. The maximum atomic E-state index is 11.8. The van der Waals surface area contributed by atoms with E-state index in [1.165, 1.54) is 0 Å². The van der Waals surface area contributed by atoms with E-state index >= 15 is 0 Å². The van der Waals surface area contributed by atoms with E-state index in [1.54, 1.807) is 12.1 Å². The van der Waals surface area contributed by atoms with Crippen molar-refractivity contribution in [2.45, 2.75) is 26.7 Å². The average molecular weight is 211 g/mol. The van der Waals surface area contributed by atoms with E-state index in [0.29, 0.717) is 22.9 Å². The number of rotatable bonds is 4. The van der Waals surface area contributed by atoms with Gasteiger partial charge in [0, 0.05) is 12.0 Å². The summed E-state index contributed by atoms with van der Waals surface area (Å²) >= 11 is 5.92. The van der Waals surface area contributed by atoms with Crippen LogP contribution in [0.15, 0.2) is 24.3 Å². The van der Waals surface area contributed by atoms with Crippen LogP contribution in [-0.4, -0.2) is 5.78 Å². The molecule has 0 N–H and O–H groups in total. The van der Waals surface area contributed by atoms with Crippen LogP contribution >= 0.6 is 11.6 Å². The fourth-order valence-corrected chi connectivity index (χ4v) is 1.50. The Morgan fingerprint density at radius 2 is 2.07 bits per heavy atom. The quantitative estimate of drug-likeness (QED) is 0.688. The van der Waals surface area contributed by atoms with Crippen LogP contribution in [0.1, 0.15) is 37.0 Å². The fourth-order valence-electron chi connectivity index (χ4n) is 1.26. The first-order valence-corrected chi connectivity index (χ1v) is 5.30. The molecule has 0 radical (unpaired) electrons. The summed E-state index contributed by atoms with van der Waals surface area (Å²) in [6.45, 7) is 4.17. The predicted molar refractivity (Wildman–Crippen MR) is 59.9 cm³/mol. The molecule has 0 aromatic heterocycles. The van der Waals surface area contributed by atoms with E-state index < -0.39 is 0 Å². The molecule has 0 spiro atoms. The molecule has 0 bridgehead atoms. The van der Waals surface area contributed by atoms with Gasteiger partial charge in [-0.25, -0.2) is 0 Å². The van der Waals surface area contributed by atoms with Crippen molar-refractivity contribution in [1.82, 2.24) is 0 Å². The Labute approximate surface area is 90.1 Å². The first kappa shape index (κ1) is 11.3. The van der Waals surface area contributed by atoms with Gasteiger partial charge >= 0.3 is 0 Å². The molecule has 0 amide bonds. The fraction of sp³-hybridized carbons (Fsp3) is 0.417. The maximum absolute atomic E-state index is 11.8. The summed E-state index contributed by atoms with van der Waals surface area (Å²) in [4.78, 5) is 11.8. The van der Waals surface area contributed by atoms with Crippen LogP contribution in [0.2, 0.25) is 5.02 Å². The van der Waals surface area contributed by atoms with Crippen molar-refractivity contribution in [3.63, 3.8) is 0 Å². The first-order valence-electron chi connectivity index (χ1n) is 4.92. The van der Waals surface area contributed by atoms with Gasteiger partial charge in [0.05, 0.1) is 5.02 Å². The molecule has 1 aromatic carbocycles. The zero-order valence-corrected chi connectivity index (χ0v) is 9.34. The van der Waals surface area contributed by atoms with Gasteiger partial charge in [0.15, 0.2) is 5.78 Å². The molecule has 1 rings (SSSR count). The van der Waals surface area contributed by atoms with Crippen LogP contribution < -0.4 is 0 Å². The zero-order valence-electron chi connectivity index (χ0n) is 8.59. The molecule has 0 saturated heterocycles. The molecular weight excluding hydrogens is 196 g/mol. The van der Waals surface area contributed by atoms with Crippen molar-refractivity contribution in [2.24, 2.45) is 5.92 Å². The SMILES string of the molecule is CCC(C)CC(=O)c1ccccc1Cl. The second kappa shape index (κ2) is 5.16. The molecule has 0 heterocycles. The normalized spacial score (nSPS) is 12.5. The summed E-state index contributed by atoms with van der Waals surface area (Å²) < 4.78 is 0. The number of halogens is 1. The first-order chi connectivity index (χ1) is 6.65. The van der Waals surface area contributed by atoms with Crippen LogP contribution in [0.4, 0.5) is 0 Å². The molecular formula is C12H15ClO. The lowest BCUT2D eigenvalue weighted by molar-refractivity contribution is 0.0964. The van der Waals surface area contributed by atoms with Gasteiger partial charge in [0.2, 0.25) is 0 Å². The van der Waals surface area contributed by atoms with Crippen molar-refractivity contribution in [2.75, 3.05) is 0 Å². The van der Waals surface area contributed by atoms with Gasteiger partial charge in [-0.1, -0.05) is 44.0 Å². The van der Waals surface area contributed by atoms with E-state index in [-0.39, 0.29) is 5.78 Å². The third-order valence-electron chi connectivity index (χ3n) is 2.41. The van der Waals surface area contributed by atoms with E-state index in [4.69, 9.17) is 11.6 Å². The highest BCUT2D eigenvalue weighted by atomic mass is 35.5. The summed E-state index contributed by atoms with van der Waals surface area (Å²) in [6.07, 6.45) is 1.61. The van der Waals surface area contributed by atoms with Gasteiger partial charge in [-0.15, -0.1) is 0 Å². The minimum Gasteiger partial charge on any atom is -0.294 e. The molecule has 0 aliphatic heterocycles. The summed E-state index contributed by atoms with van der Waals surface area (Å²) in [5, 5.41) is 0.556. The number of Topliss-reactive ketones (excluding diaryl/α,β-unsaturated/α-hetero) is 1. The van der Waals surface area contributed by atoms with E-state index in [0.717, 1.165) is 6.42 Å². The van der Waals surface area contributed by atoms with Crippen LogP contribution in [0, 0.1) is 5.92 Å². The number of hydrogen-bond donors (Lipinski definition) is 0. The summed E-state index contributed by atoms with van der Waals surface area (Å²) in [6, 6.07) is 7.22. The molecule has 1 aromatic rings. The Kier molecular flexibility index (Phi) is 4.15. The molecule has 0 fully saturated rings. The van der Waals surface area contributed by atoms with E-state index in [1.807, 2.05) is 12.1 Å². The van der Waals surface area contributed by atoms with E-state index in [2.05, 4.69) is 13.8 Å². The molecule has 0 aliphatic carbocycles. The van der Waals surface area contributed by atoms with Gasteiger partial charge in [0.25, 0.3) is 0 Å². The predicted octanol–water partition coefficient (Wildman–Crippen LogP) is 3.96. The molecule has 1 unspecified atom stereocenters. The zero-order chi connectivity index (χ0) is 10.6. The number of carbonyl (C=O) groups is 1.